The highest BCUT2D eigenvalue weighted by Crippen LogP contribution is 2.42. The monoisotopic (exact) mass is 289 g/mol. The topological polar surface area (TPSA) is 91.8 Å². The Labute approximate surface area is 112 Å². The molecule has 1 N–H and O–H groups in total. The van der Waals surface area contributed by atoms with E-state index in [1.807, 2.05) is 0 Å². The Bertz CT molecular complexity index is 500. The SMILES string of the molecule is CC(C(=O)N1CC2CCCC2C1C(=O)O)S(C)(=O)=O. The van der Waals surface area contributed by atoms with Gasteiger partial charge in [-0.2, -0.15) is 0 Å². The number of fused-ring (bicyclic) bond motifs is 1. The molecule has 19 heavy (non-hydrogen) atoms. The number of likely N-dealkylation sites (tertiary alicyclic amines) is 1. The number of hydrogen-bond acceptors (Lipinski definition) is 4. The van der Waals surface area contributed by atoms with Gasteiger partial charge in [0.25, 0.3) is 0 Å². The van der Waals surface area contributed by atoms with Gasteiger partial charge in [-0.15, -0.1) is 0 Å². The fourth-order valence-corrected chi connectivity index (χ4v) is 3.77. The van der Waals surface area contributed by atoms with Crippen molar-refractivity contribution in [3.05, 3.63) is 0 Å². The number of carbonyl (C=O) groups excluding carboxylic acids is 1. The molecule has 1 saturated carbocycles. The molecule has 1 saturated heterocycles. The van der Waals surface area contributed by atoms with Crippen LogP contribution in [0.15, 0.2) is 0 Å². The Morgan fingerprint density at radius 1 is 1.32 bits per heavy atom. The van der Waals surface area contributed by atoms with Gasteiger partial charge >= 0.3 is 5.97 Å². The van der Waals surface area contributed by atoms with Crippen molar-refractivity contribution in [1.82, 2.24) is 4.90 Å². The first-order chi connectivity index (χ1) is 8.73. The highest BCUT2D eigenvalue weighted by Gasteiger charge is 2.50. The van der Waals surface area contributed by atoms with E-state index in [0.717, 1.165) is 25.5 Å². The van der Waals surface area contributed by atoms with E-state index in [0.29, 0.717) is 6.54 Å². The van der Waals surface area contributed by atoms with Gasteiger partial charge < -0.3 is 10.0 Å². The van der Waals surface area contributed by atoms with Crippen molar-refractivity contribution in [3.63, 3.8) is 0 Å². The van der Waals surface area contributed by atoms with Crippen LogP contribution in [0.3, 0.4) is 0 Å². The highest BCUT2D eigenvalue weighted by atomic mass is 32.2. The van der Waals surface area contributed by atoms with Crippen molar-refractivity contribution in [3.8, 4) is 0 Å². The molecule has 2 rings (SSSR count). The average molecular weight is 289 g/mol. The second-order valence-corrected chi connectivity index (χ2v) is 7.97. The Balaban J connectivity index is 2.24. The molecule has 2 aliphatic rings. The summed E-state index contributed by atoms with van der Waals surface area (Å²) in [5.74, 6) is -1.42. The molecule has 0 radical (unpaired) electrons. The number of rotatable bonds is 3. The van der Waals surface area contributed by atoms with E-state index < -0.39 is 33.0 Å². The van der Waals surface area contributed by atoms with Crippen LogP contribution >= 0.6 is 0 Å². The summed E-state index contributed by atoms with van der Waals surface area (Å²) in [5.41, 5.74) is 0. The normalized spacial score (nSPS) is 32.1. The molecule has 0 bridgehead atoms. The molecule has 0 aromatic carbocycles. The number of carboxylic acids is 1. The van der Waals surface area contributed by atoms with Gasteiger partial charge in [-0.25, -0.2) is 13.2 Å². The van der Waals surface area contributed by atoms with E-state index in [-0.39, 0.29) is 11.8 Å². The lowest BCUT2D eigenvalue weighted by molar-refractivity contribution is -0.149. The molecule has 1 aliphatic carbocycles. The van der Waals surface area contributed by atoms with Crippen molar-refractivity contribution in [2.45, 2.75) is 37.5 Å². The Morgan fingerprint density at radius 3 is 2.47 bits per heavy atom. The molecule has 1 aliphatic heterocycles. The van der Waals surface area contributed by atoms with Crippen molar-refractivity contribution < 1.29 is 23.1 Å². The number of sulfone groups is 1. The smallest absolute Gasteiger partial charge is 0.326 e. The second-order valence-electron chi connectivity index (χ2n) is 5.60. The summed E-state index contributed by atoms with van der Waals surface area (Å²) in [5, 5.41) is 8.15. The zero-order valence-electron chi connectivity index (χ0n) is 11.1. The molecule has 7 heteroatoms. The fourth-order valence-electron chi connectivity index (χ4n) is 3.27. The van der Waals surface area contributed by atoms with Crippen molar-refractivity contribution >= 4 is 21.7 Å². The molecule has 1 heterocycles. The average Bonchev–Trinajstić information content (AvgIpc) is 2.83. The number of carbonyl (C=O) groups is 2. The van der Waals surface area contributed by atoms with Gasteiger partial charge in [0.05, 0.1) is 0 Å². The molecule has 4 unspecified atom stereocenters. The van der Waals surface area contributed by atoms with Crippen LogP contribution in [0.4, 0.5) is 0 Å². The van der Waals surface area contributed by atoms with Crippen LogP contribution in [-0.4, -0.2) is 54.4 Å². The molecule has 1 amide bonds. The summed E-state index contributed by atoms with van der Waals surface area (Å²) in [6.45, 7) is 1.70. The van der Waals surface area contributed by atoms with E-state index in [4.69, 9.17) is 0 Å². The van der Waals surface area contributed by atoms with E-state index in [2.05, 4.69) is 0 Å². The first-order valence-electron chi connectivity index (χ1n) is 6.45. The highest BCUT2D eigenvalue weighted by molar-refractivity contribution is 7.92. The Kier molecular flexibility index (Phi) is 3.59. The molecule has 0 aromatic rings. The van der Waals surface area contributed by atoms with Crippen LogP contribution in [0, 0.1) is 11.8 Å². The van der Waals surface area contributed by atoms with Crippen LogP contribution in [0.2, 0.25) is 0 Å². The first-order valence-corrected chi connectivity index (χ1v) is 8.41. The van der Waals surface area contributed by atoms with Crippen molar-refractivity contribution in [1.29, 1.82) is 0 Å². The summed E-state index contributed by atoms with van der Waals surface area (Å²) >= 11 is 0. The van der Waals surface area contributed by atoms with Crippen molar-refractivity contribution in [2.75, 3.05) is 12.8 Å². The minimum Gasteiger partial charge on any atom is -0.480 e. The van der Waals surface area contributed by atoms with Crippen LogP contribution in [0.25, 0.3) is 0 Å². The third-order valence-electron chi connectivity index (χ3n) is 4.42. The van der Waals surface area contributed by atoms with E-state index in [9.17, 15) is 23.1 Å². The summed E-state index contributed by atoms with van der Waals surface area (Å²) in [6.07, 6.45) is 3.72. The van der Waals surface area contributed by atoms with Gasteiger partial charge in [0, 0.05) is 12.8 Å². The maximum Gasteiger partial charge on any atom is 0.326 e. The largest absolute Gasteiger partial charge is 0.480 e. The lowest BCUT2D eigenvalue weighted by Gasteiger charge is -2.26. The zero-order chi connectivity index (χ0) is 14.4. The maximum absolute atomic E-state index is 12.2. The first kappa shape index (κ1) is 14.3. The number of hydrogen-bond donors (Lipinski definition) is 1. The fraction of sp³-hybridized carbons (Fsp3) is 0.833. The van der Waals surface area contributed by atoms with E-state index in [1.54, 1.807) is 0 Å². The standard InChI is InChI=1S/C12H19NO5S/c1-7(19(2,17)18)11(14)13-6-8-4-3-5-9(8)10(13)12(15)16/h7-10H,3-6H2,1-2H3,(H,15,16). The van der Waals surface area contributed by atoms with E-state index in [1.165, 1.54) is 11.8 Å². The molecule has 4 atom stereocenters. The van der Waals surface area contributed by atoms with Crippen LogP contribution < -0.4 is 0 Å². The predicted molar refractivity (Wildman–Crippen MR) is 68.3 cm³/mol. The molecule has 0 aromatic heterocycles. The summed E-state index contributed by atoms with van der Waals surface area (Å²) in [7, 11) is -3.50. The van der Waals surface area contributed by atoms with Gasteiger partial charge in [-0.3, -0.25) is 4.79 Å². The van der Waals surface area contributed by atoms with Crippen LogP contribution in [0.1, 0.15) is 26.2 Å². The third-order valence-corrected chi connectivity index (χ3v) is 5.90. The minimum absolute atomic E-state index is 0.0202. The van der Waals surface area contributed by atoms with Gasteiger partial charge in [-0.05, 0) is 31.6 Å². The zero-order valence-corrected chi connectivity index (χ0v) is 11.9. The summed E-state index contributed by atoms with van der Waals surface area (Å²) < 4.78 is 22.9. The van der Waals surface area contributed by atoms with Crippen LogP contribution in [0.5, 0.6) is 0 Å². The van der Waals surface area contributed by atoms with E-state index >= 15 is 0 Å². The molecule has 2 fully saturated rings. The second kappa shape index (κ2) is 4.77. The molecule has 108 valence electrons. The quantitative estimate of drug-likeness (QED) is 0.797. The predicted octanol–water partition coefficient (Wildman–Crippen LogP) is 0.131. The van der Waals surface area contributed by atoms with Crippen LogP contribution in [-0.2, 0) is 19.4 Å². The molecular formula is C12H19NO5S. The minimum atomic E-state index is -3.50. The van der Waals surface area contributed by atoms with Gasteiger partial charge in [-0.1, -0.05) is 6.42 Å². The number of aliphatic carboxylic acids is 1. The summed E-state index contributed by atoms with van der Waals surface area (Å²) in [6, 6.07) is -0.857. The third kappa shape index (κ3) is 2.48. The maximum atomic E-state index is 12.2. The number of carboxylic acid groups (broad SMARTS) is 1. The lowest BCUT2D eigenvalue weighted by atomic mass is 9.94. The lowest BCUT2D eigenvalue weighted by Crippen LogP contribution is -2.48. The molecule has 6 nitrogen and oxygen atoms in total. The summed E-state index contributed by atoms with van der Waals surface area (Å²) in [4.78, 5) is 24.9. The van der Waals surface area contributed by atoms with Gasteiger partial charge in [0.2, 0.25) is 5.91 Å². The number of nitrogens with zero attached hydrogens (tertiary/aromatic N) is 1. The molecule has 0 spiro atoms. The van der Waals surface area contributed by atoms with Gasteiger partial charge in [0.1, 0.15) is 11.3 Å². The molecular weight excluding hydrogens is 270 g/mol. The Morgan fingerprint density at radius 2 is 1.95 bits per heavy atom. The Hall–Kier alpha value is -1.11. The van der Waals surface area contributed by atoms with Gasteiger partial charge in [0.15, 0.2) is 9.84 Å². The number of amides is 1. The van der Waals surface area contributed by atoms with Crippen molar-refractivity contribution in [2.24, 2.45) is 11.8 Å².